The molecule has 0 fully saturated rings. The first-order valence-corrected chi connectivity index (χ1v) is 11.3. The second-order valence-corrected chi connectivity index (χ2v) is 8.73. The lowest BCUT2D eigenvalue weighted by atomic mass is 10.1. The molecule has 0 spiro atoms. The fourth-order valence-corrected chi connectivity index (χ4v) is 4.17. The number of nitrogens with zero attached hydrogens (tertiary/aromatic N) is 4. The summed E-state index contributed by atoms with van der Waals surface area (Å²) in [5.74, 6) is -0.172. The van der Waals surface area contributed by atoms with E-state index in [1.54, 1.807) is 36.4 Å². The summed E-state index contributed by atoms with van der Waals surface area (Å²) < 4.78 is 53.9. The minimum absolute atomic E-state index is 0.00883. The number of rotatable bonds is 3. The first-order chi connectivity index (χ1) is 17.3. The van der Waals surface area contributed by atoms with Crippen LogP contribution in [0.3, 0.4) is 0 Å². The summed E-state index contributed by atoms with van der Waals surface area (Å²) in [7, 11) is 0. The highest BCUT2D eigenvalue weighted by Crippen LogP contribution is 2.36. The monoisotopic (exact) mass is 552 g/mol. The number of fused-ring (bicyclic) bond motifs is 2. The van der Waals surface area contributed by atoms with E-state index in [0.29, 0.717) is 16.5 Å². The van der Waals surface area contributed by atoms with Crippen LogP contribution in [0.5, 0.6) is 0 Å². The molecule has 0 amide bonds. The molecular formula is C25H12BrF3N4O3. The average molecular weight is 553 g/mol. The van der Waals surface area contributed by atoms with Crippen LogP contribution in [-0.4, -0.2) is 19.5 Å². The van der Waals surface area contributed by atoms with E-state index in [9.17, 15) is 18.0 Å². The molecule has 0 N–H and O–H groups in total. The quantitative estimate of drug-likeness (QED) is 0.245. The Kier molecular flexibility index (Phi) is 5.04. The van der Waals surface area contributed by atoms with Crippen molar-refractivity contribution in [1.82, 2.24) is 19.5 Å². The van der Waals surface area contributed by atoms with Crippen LogP contribution >= 0.6 is 15.9 Å². The van der Waals surface area contributed by atoms with Crippen LogP contribution < -0.4 is 5.56 Å². The third-order valence-corrected chi connectivity index (χ3v) is 5.98. The second kappa shape index (κ2) is 8.16. The highest BCUT2D eigenvalue weighted by atomic mass is 79.9. The number of alkyl halides is 3. The van der Waals surface area contributed by atoms with Crippen LogP contribution in [0.4, 0.5) is 13.2 Å². The number of pyridine rings is 2. The van der Waals surface area contributed by atoms with Crippen molar-refractivity contribution < 1.29 is 22.0 Å². The van der Waals surface area contributed by atoms with Gasteiger partial charge in [0, 0.05) is 27.8 Å². The van der Waals surface area contributed by atoms with Gasteiger partial charge in [0.05, 0.1) is 5.56 Å². The summed E-state index contributed by atoms with van der Waals surface area (Å²) in [4.78, 5) is 26.2. The van der Waals surface area contributed by atoms with Gasteiger partial charge in [-0.05, 0) is 42.5 Å². The third kappa shape index (κ3) is 3.77. The minimum Gasteiger partial charge on any atom is -0.432 e. The Hall–Kier alpha value is -4.25. The summed E-state index contributed by atoms with van der Waals surface area (Å²) in [6, 6.07) is 14.9. The predicted octanol–water partition coefficient (Wildman–Crippen LogP) is 6.63. The van der Waals surface area contributed by atoms with Crippen molar-refractivity contribution in [3.63, 3.8) is 0 Å². The van der Waals surface area contributed by atoms with Gasteiger partial charge >= 0.3 is 6.18 Å². The lowest BCUT2D eigenvalue weighted by Gasteiger charge is -2.09. The molecular weight excluding hydrogens is 541 g/mol. The maximum Gasteiger partial charge on any atom is 0.416 e. The lowest BCUT2D eigenvalue weighted by molar-refractivity contribution is -0.137. The standard InChI is InChI=1S/C25H12BrF3N4O3/c26-16-6-7-18-17(12-16)31-22(35-18)23-32-21(33-10-8-13-4-2-9-30-19(13)24(33)34)20(36-23)14-3-1-5-15(11-14)25(27,28)29/h1-12H. The Bertz CT molecular complexity index is 1840. The van der Waals surface area contributed by atoms with Crippen LogP contribution in [0.2, 0.25) is 0 Å². The zero-order valence-electron chi connectivity index (χ0n) is 18.0. The molecule has 0 unspecified atom stereocenters. The van der Waals surface area contributed by atoms with E-state index < -0.39 is 17.3 Å². The van der Waals surface area contributed by atoms with Gasteiger partial charge in [0.15, 0.2) is 17.2 Å². The molecule has 2 aromatic carbocycles. The number of benzene rings is 2. The van der Waals surface area contributed by atoms with E-state index in [1.807, 2.05) is 0 Å². The summed E-state index contributed by atoms with van der Waals surface area (Å²) in [5, 5.41) is 0.604. The van der Waals surface area contributed by atoms with Crippen molar-refractivity contribution in [1.29, 1.82) is 0 Å². The Labute approximate surface area is 208 Å². The molecule has 6 aromatic rings. The second-order valence-electron chi connectivity index (χ2n) is 7.81. The van der Waals surface area contributed by atoms with Gasteiger partial charge in [0.1, 0.15) is 11.0 Å². The number of halogens is 4. The molecule has 36 heavy (non-hydrogen) atoms. The molecule has 0 saturated heterocycles. The van der Waals surface area contributed by atoms with Crippen molar-refractivity contribution in [2.75, 3.05) is 0 Å². The molecule has 0 bridgehead atoms. The number of oxazole rings is 2. The van der Waals surface area contributed by atoms with Crippen molar-refractivity contribution in [3.05, 3.63) is 93.4 Å². The van der Waals surface area contributed by atoms with Gasteiger partial charge < -0.3 is 8.83 Å². The Morgan fingerprint density at radius 3 is 2.58 bits per heavy atom. The Morgan fingerprint density at radius 1 is 0.917 bits per heavy atom. The molecule has 0 saturated carbocycles. The molecule has 4 aromatic heterocycles. The maximum atomic E-state index is 13.4. The normalized spacial score (nSPS) is 12.0. The van der Waals surface area contributed by atoms with Gasteiger partial charge in [0.25, 0.3) is 17.3 Å². The zero-order chi connectivity index (χ0) is 25.0. The van der Waals surface area contributed by atoms with Crippen molar-refractivity contribution in [2.45, 2.75) is 6.18 Å². The summed E-state index contributed by atoms with van der Waals surface area (Å²) in [6.07, 6.45) is -1.63. The number of aromatic nitrogens is 4. The van der Waals surface area contributed by atoms with Crippen LogP contribution in [-0.2, 0) is 6.18 Å². The van der Waals surface area contributed by atoms with Crippen LogP contribution in [0.1, 0.15) is 5.56 Å². The smallest absolute Gasteiger partial charge is 0.416 e. The van der Waals surface area contributed by atoms with Gasteiger partial charge in [-0.3, -0.25) is 14.3 Å². The summed E-state index contributed by atoms with van der Waals surface area (Å²) >= 11 is 3.37. The SMILES string of the molecule is O=c1c2ncccc2ccn1-c1nc(-c2nc3cc(Br)ccc3o2)oc1-c1cccc(C(F)(F)F)c1. The van der Waals surface area contributed by atoms with E-state index in [4.69, 9.17) is 8.83 Å². The van der Waals surface area contributed by atoms with E-state index in [2.05, 4.69) is 30.9 Å². The Balaban J connectivity index is 1.60. The molecule has 6 rings (SSSR count). The predicted molar refractivity (Wildman–Crippen MR) is 129 cm³/mol. The highest BCUT2D eigenvalue weighted by Gasteiger charge is 2.31. The average Bonchev–Trinajstić information content (AvgIpc) is 3.48. The molecule has 0 radical (unpaired) electrons. The zero-order valence-corrected chi connectivity index (χ0v) is 19.5. The largest absolute Gasteiger partial charge is 0.432 e. The fourth-order valence-electron chi connectivity index (χ4n) is 3.82. The van der Waals surface area contributed by atoms with E-state index >= 15 is 0 Å². The molecule has 0 atom stereocenters. The van der Waals surface area contributed by atoms with E-state index in [0.717, 1.165) is 16.6 Å². The molecule has 0 aliphatic carbocycles. The van der Waals surface area contributed by atoms with E-state index in [1.165, 1.54) is 29.1 Å². The van der Waals surface area contributed by atoms with Gasteiger partial charge in [0.2, 0.25) is 0 Å². The number of hydrogen-bond acceptors (Lipinski definition) is 6. The summed E-state index contributed by atoms with van der Waals surface area (Å²) in [5.41, 5.74) is -0.157. The van der Waals surface area contributed by atoms with Gasteiger partial charge in [-0.15, -0.1) is 0 Å². The van der Waals surface area contributed by atoms with Crippen LogP contribution in [0, 0.1) is 0 Å². The minimum atomic E-state index is -4.57. The van der Waals surface area contributed by atoms with Crippen molar-refractivity contribution in [3.8, 4) is 28.9 Å². The molecule has 11 heteroatoms. The fraction of sp³-hybridized carbons (Fsp3) is 0.0400. The van der Waals surface area contributed by atoms with E-state index in [-0.39, 0.29) is 34.4 Å². The number of hydrogen-bond donors (Lipinski definition) is 0. The molecule has 4 heterocycles. The first kappa shape index (κ1) is 22.2. The van der Waals surface area contributed by atoms with Gasteiger partial charge in [-0.2, -0.15) is 18.2 Å². The topological polar surface area (TPSA) is 87.0 Å². The van der Waals surface area contributed by atoms with Crippen LogP contribution in [0.15, 0.2) is 91.2 Å². The highest BCUT2D eigenvalue weighted by molar-refractivity contribution is 9.10. The Morgan fingerprint density at radius 2 is 1.75 bits per heavy atom. The lowest BCUT2D eigenvalue weighted by Crippen LogP contribution is -2.19. The first-order valence-electron chi connectivity index (χ1n) is 10.5. The summed E-state index contributed by atoms with van der Waals surface area (Å²) in [6.45, 7) is 0. The third-order valence-electron chi connectivity index (χ3n) is 5.49. The molecule has 0 aliphatic heterocycles. The van der Waals surface area contributed by atoms with Gasteiger partial charge in [-0.25, -0.2) is 4.98 Å². The molecule has 178 valence electrons. The maximum absolute atomic E-state index is 13.4. The van der Waals surface area contributed by atoms with Crippen molar-refractivity contribution in [2.24, 2.45) is 0 Å². The van der Waals surface area contributed by atoms with Crippen LogP contribution in [0.25, 0.3) is 50.9 Å². The van der Waals surface area contributed by atoms with Gasteiger partial charge in [-0.1, -0.05) is 34.1 Å². The molecule has 0 aliphatic rings. The van der Waals surface area contributed by atoms with Crippen molar-refractivity contribution >= 4 is 37.9 Å². The molecule has 7 nitrogen and oxygen atoms in total.